The standard InChI is InChI=1S/C12H16BrN3O3/c1-7(15-2)9-5-8(13)3-4-10(9)19-6-11(17)16-12(14)18/h3-5,7,15H,6H2,1-2H3,(H3,14,16,17,18). The van der Waals surface area contributed by atoms with Gasteiger partial charge in [-0.1, -0.05) is 15.9 Å². The lowest BCUT2D eigenvalue weighted by atomic mass is 10.1. The van der Waals surface area contributed by atoms with Crippen LogP contribution < -0.4 is 21.1 Å². The van der Waals surface area contributed by atoms with Crippen LogP contribution in [0.15, 0.2) is 22.7 Å². The molecule has 19 heavy (non-hydrogen) atoms. The average Bonchev–Trinajstić information content (AvgIpc) is 2.35. The highest BCUT2D eigenvalue weighted by Gasteiger charge is 2.12. The first-order valence-corrected chi connectivity index (χ1v) is 6.42. The maximum Gasteiger partial charge on any atom is 0.318 e. The van der Waals surface area contributed by atoms with Crippen molar-refractivity contribution in [3.63, 3.8) is 0 Å². The van der Waals surface area contributed by atoms with E-state index in [-0.39, 0.29) is 12.6 Å². The summed E-state index contributed by atoms with van der Waals surface area (Å²) in [6.07, 6.45) is 0. The molecule has 4 N–H and O–H groups in total. The fourth-order valence-corrected chi connectivity index (χ4v) is 1.84. The third-order valence-corrected chi connectivity index (χ3v) is 2.99. The lowest BCUT2D eigenvalue weighted by molar-refractivity contribution is -0.121. The van der Waals surface area contributed by atoms with Gasteiger partial charge >= 0.3 is 6.03 Å². The van der Waals surface area contributed by atoms with Crippen LogP contribution in [0.3, 0.4) is 0 Å². The smallest absolute Gasteiger partial charge is 0.318 e. The second-order valence-electron chi connectivity index (χ2n) is 3.89. The third-order valence-electron chi connectivity index (χ3n) is 2.49. The Kier molecular flexibility index (Phi) is 5.78. The molecule has 1 atom stereocenters. The van der Waals surface area contributed by atoms with Gasteiger partial charge in [0.25, 0.3) is 5.91 Å². The largest absolute Gasteiger partial charge is 0.483 e. The van der Waals surface area contributed by atoms with Gasteiger partial charge in [-0.3, -0.25) is 10.1 Å². The molecule has 0 bridgehead atoms. The Morgan fingerprint density at radius 2 is 2.16 bits per heavy atom. The van der Waals surface area contributed by atoms with E-state index in [9.17, 15) is 9.59 Å². The summed E-state index contributed by atoms with van der Waals surface area (Å²) in [5.41, 5.74) is 5.75. The molecular formula is C12H16BrN3O3. The maximum atomic E-state index is 11.3. The van der Waals surface area contributed by atoms with Gasteiger partial charge in [0, 0.05) is 16.1 Å². The number of carbonyl (C=O) groups excluding carboxylic acids is 2. The molecule has 104 valence electrons. The molecule has 1 rings (SSSR count). The Hall–Kier alpha value is -1.60. The number of carbonyl (C=O) groups is 2. The van der Waals surface area contributed by atoms with Crippen LogP contribution in [0.5, 0.6) is 5.75 Å². The third kappa shape index (κ3) is 4.88. The number of hydrogen-bond acceptors (Lipinski definition) is 4. The number of ether oxygens (including phenoxy) is 1. The zero-order valence-electron chi connectivity index (χ0n) is 10.7. The molecule has 0 heterocycles. The molecule has 1 aromatic carbocycles. The molecule has 6 nitrogen and oxygen atoms in total. The number of imide groups is 1. The Balaban J connectivity index is 2.77. The highest BCUT2D eigenvalue weighted by molar-refractivity contribution is 9.10. The van der Waals surface area contributed by atoms with E-state index in [1.54, 1.807) is 6.07 Å². The van der Waals surface area contributed by atoms with Crippen LogP contribution in [0.25, 0.3) is 0 Å². The minimum absolute atomic E-state index is 0.0618. The van der Waals surface area contributed by atoms with Gasteiger partial charge in [-0.25, -0.2) is 4.79 Å². The topological polar surface area (TPSA) is 93.4 Å². The first-order chi connectivity index (χ1) is 8.93. The van der Waals surface area contributed by atoms with E-state index in [4.69, 9.17) is 10.5 Å². The molecule has 0 aliphatic carbocycles. The van der Waals surface area contributed by atoms with Gasteiger partial charge in [0.15, 0.2) is 6.61 Å². The number of nitrogens with one attached hydrogen (secondary N) is 2. The van der Waals surface area contributed by atoms with Gasteiger partial charge in [0.1, 0.15) is 5.75 Å². The van der Waals surface area contributed by atoms with E-state index in [1.165, 1.54) is 0 Å². The molecule has 1 unspecified atom stereocenters. The molecule has 0 aliphatic heterocycles. The fourth-order valence-electron chi connectivity index (χ4n) is 1.46. The summed E-state index contributed by atoms with van der Waals surface area (Å²) in [6.45, 7) is 1.70. The number of nitrogens with two attached hydrogens (primary N) is 1. The van der Waals surface area contributed by atoms with E-state index in [0.717, 1.165) is 10.0 Å². The number of hydrogen-bond donors (Lipinski definition) is 3. The summed E-state index contributed by atoms with van der Waals surface area (Å²) in [7, 11) is 1.83. The minimum atomic E-state index is -0.895. The fraction of sp³-hybridized carbons (Fsp3) is 0.333. The summed E-state index contributed by atoms with van der Waals surface area (Å²) in [5.74, 6) is -0.0110. The van der Waals surface area contributed by atoms with Crippen molar-refractivity contribution in [2.75, 3.05) is 13.7 Å². The van der Waals surface area contributed by atoms with Crippen LogP contribution in [0.2, 0.25) is 0 Å². The second-order valence-corrected chi connectivity index (χ2v) is 4.81. The van der Waals surface area contributed by atoms with Crippen molar-refractivity contribution in [2.24, 2.45) is 5.73 Å². The molecular weight excluding hydrogens is 314 g/mol. The van der Waals surface area contributed by atoms with Crippen LogP contribution in [-0.4, -0.2) is 25.6 Å². The van der Waals surface area contributed by atoms with E-state index in [0.29, 0.717) is 5.75 Å². The van der Waals surface area contributed by atoms with Gasteiger partial charge in [-0.05, 0) is 32.2 Å². The highest BCUT2D eigenvalue weighted by Crippen LogP contribution is 2.28. The lowest BCUT2D eigenvalue weighted by Crippen LogP contribution is -2.38. The van der Waals surface area contributed by atoms with E-state index in [2.05, 4.69) is 21.2 Å². The monoisotopic (exact) mass is 329 g/mol. The Labute approximate surface area is 119 Å². The quantitative estimate of drug-likeness (QED) is 0.759. The summed E-state index contributed by atoms with van der Waals surface area (Å²) < 4.78 is 6.31. The first-order valence-electron chi connectivity index (χ1n) is 5.62. The Bertz CT molecular complexity index is 479. The predicted octanol–water partition coefficient (Wildman–Crippen LogP) is 1.30. The molecule has 0 aliphatic rings. The van der Waals surface area contributed by atoms with Crippen LogP contribution in [-0.2, 0) is 4.79 Å². The zero-order chi connectivity index (χ0) is 14.4. The molecule has 0 fully saturated rings. The zero-order valence-corrected chi connectivity index (χ0v) is 12.3. The first kappa shape index (κ1) is 15.5. The number of benzene rings is 1. The van der Waals surface area contributed by atoms with Gasteiger partial charge < -0.3 is 15.8 Å². The number of primary amides is 1. The number of amides is 3. The molecule has 0 saturated heterocycles. The number of halogens is 1. The molecule has 7 heteroatoms. The summed E-state index contributed by atoms with van der Waals surface area (Å²) in [4.78, 5) is 21.8. The van der Waals surface area contributed by atoms with Crippen molar-refractivity contribution in [1.82, 2.24) is 10.6 Å². The lowest BCUT2D eigenvalue weighted by Gasteiger charge is -2.16. The van der Waals surface area contributed by atoms with Gasteiger partial charge in [0.2, 0.25) is 0 Å². The van der Waals surface area contributed by atoms with Crippen LogP contribution in [0.4, 0.5) is 4.79 Å². The molecule has 0 spiro atoms. The molecule has 0 saturated carbocycles. The average molecular weight is 330 g/mol. The van der Waals surface area contributed by atoms with Crippen molar-refractivity contribution in [3.8, 4) is 5.75 Å². The normalized spacial score (nSPS) is 11.7. The van der Waals surface area contributed by atoms with E-state index in [1.807, 2.05) is 31.4 Å². The Morgan fingerprint density at radius 3 is 2.74 bits per heavy atom. The molecule has 0 radical (unpaired) electrons. The van der Waals surface area contributed by atoms with E-state index < -0.39 is 11.9 Å². The Morgan fingerprint density at radius 1 is 1.47 bits per heavy atom. The van der Waals surface area contributed by atoms with Crippen molar-refractivity contribution in [3.05, 3.63) is 28.2 Å². The number of rotatable bonds is 5. The van der Waals surface area contributed by atoms with Crippen molar-refractivity contribution in [2.45, 2.75) is 13.0 Å². The molecule has 0 aromatic heterocycles. The minimum Gasteiger partial charge on any atom is -0.483 e. The second kappa shape index (κ2) is 7.10. The predicted molar refractivity (Wildman–Crippen MR) is 74.8 cm³/mol. The van der Waals surface area contributed by atoms with Crippen LogP contribution in [0, 0.1) is 0 Å². The van der Waals surface area contributed by atoms with E-state index >= 15 is 0 Å². The van der Waals surface area contributed by atoms with Crippen molar-refractivity contribution in [1.29, 1.82) is 0 Å². The van der Waals surface area contributed by atoms with Crippen molar-refractivity contribution < 1.29 is 14.3 Å². The summed E-state index contributed by atoms with van der Waals surface area (Å²) in [5, 5.41) is 5.03. The van der Waals surface area contributed by atoms with Gasteiger partial charge in [-0.2, -0.15) is 0 Å². The van der Waals surface area contributed by atoms with Gasteiger partial charge in [0.05, 0.1) is 0 Å². The van der Waals surface area contributed by atoms with Crippen LogP contribution >= 0.6 is 15.9 Å². The number of urea groups is 1. The molecule has 3 amide bonds. The summed E-state index contributed by atoms with van der Waals surface area (Å²) in [6, 6.07) is 4.64. The maximum absolute atomic E-state index is 11.3. The molecule has 1 aromatic rings. The van der Waals surface area contributed by atoms with Crippen LogP contribution in [0.1, 0.15) is 18.5 Å². The SMILES string of the molecule is CNC(C)c1cc(Br)ccc1OCC(=O)NC(N)=O. The van der Waals surface area contributed by atoms with Gasteiger partial charge in [-0.15, -0.1) is 0 Å². The highest BCUT2D eigenvalue weighted by atomic mass is 79.9. The summed E-state index contributed by atoms with van der Waals surface area (Å²) >= 11 is 3.38. The van der Waals surface area contributed by atoms with Crippen molar-refractivity contribution >= 4 is 27.9 Å².